The number of carbonyl (C=O) groups is 1. The molecule has 3 aromatic carbocycles. The summed E-state index contributed by atoms with van der Waals surface area (Å²) < 4.78 is 60.5. The smallest absolute Gasteiger partial charge is 0.255 e. The highest BCUT2D eigenvalue weighted by atomic mass is 32.2. The topological polar surface area (TPSA) is 121 Å². The molecule has 3 heterocycles. The number of anilines is 1. The van der Waals surface area contributed by atoms with Crippen LogP contribution < -0.4 is 9.62 Å². The lowest BCUT2D eigenvalue weighted by molar-refractivity contribution is 0.0964. The molecule has 9 nitrogen and oxygen atoms in total. The van der Waals surface area contributed by atoms with Gasteiger partial charge >= 0.3 is 0 Å². The number of nitrogens with zero attached hydrogens (tertiary/aromatic N) is 3. The summed E-state index contributed by atoms with van der Waals surface area (Å²) in [7, 11) is -0.864. The summed E-state index contributed by atoms with van der Waals surface area (Å²) in [4.78, 5) is 25.1. The Morgan fingerprint density at radius 1 is 1.02 bits per heavy atom. The number of carbonyl (C=O) groups excluding carboxylic acids is 1. The molecule has 0 radical (unpaired) electrons. The Bertz CT molecular complexity index is 2120. The number of para-hydroxylation sites is 1. The molecule has 212 valence electrons. The van der Waals surface area contributed by atoms with Crippen LogP contribution in [0.15, 0.2) is 77.3 Å². The molecule has 1 amide bonds. The molecule has 2 N–H and O–H groups in total. The number of aromatic amines is 1. The van der Waals surface area contributed by atoms with Crippen LogP contribution in [0.1, 0.15) is 10.4 Å². The van der Waals surface area contributed by atoms with Gasteiger partial charge in [-0.25, -0.2) is 22.2 Å². The monoisotopic (exact) mass is 587 g/mol. The molecule has 6 rings (SSSR count). The molecular formula is C30H23F2N5O4S. The first kappa shape index (κ1) is 27.1. The standard InChI is InChI=1S/C30H23F2N5O4S/c1-33-30(38)26-20-14-19(23-13-17(11-12-34-23)29-35-22-6-4-5-21(32)27(22)36-29)24(37(2)42(3,39)40)15-25(20)41-28(26)16-7-9-18(31)10-8-16/h4-15H,1-3H3,(H,33,38)(H,35,36). The predicted molar refractivity (Wildman–Crippen MR) is 157 cm³/mol. The van der Waals surface area contributed by atoms with Crippen LogP contribution in [0.2, 0.25) is 0 Å². The van der Waals surface area contributed by atoms with Gasteiger partial charge in [0.25, 0.3) is 5.91 Å². The van der Waals surface area contributed by atoms with Gasteiger partial charge in [0, 0.05) is 48.4 Å². The van der Waals surface area contributed by atoms with Crippen molar-refractivity contribution in [2.45, 2.75) is 0 Å². The molecule has 0 atom stereocenters. The lowest BCUT2D eigenvalue weighted by atomic mass is 10.00. The number of pyridine rings is 1. The molecule has 0 spiro atoms. The van der Waals surface area contributed by atoms with Gasteiger partial charge in [-0.3, -0.25) is 14.1 Å². The molecule has 0 unspecified atom stereocenters. The van der Waals surface area contributed by atoms with Crippen molar-refractivity contribution in [2.24, 2.45) is 0 Å². The molecular weight excluding hydrogens is 564 g/mol. The summed E-state index contributed by atoms with van der Waals surface area (Å²) in [6.45, 7) is 0. The van der Waals surface area contributed by atoms with E-state index >= 15 is 0 Å². The number of amides is 1. The number of furan rings is 1. The minimum atomic E-state index is -3.74. The van der Waals surface area contributed by atoms with E-state index in [4.69, 9.17) is 4.42 Å². The maximum absolute atomic E-state index is 14.3. The number of aromatic nitrogens is 3. The molecule has 0 aliphatic rings. The van der Waals surface area contributed by atoms with Crippen molar-refractivity contribution in [3.63, 3.8) is 0 Å². The van der Waals surface area contributed by atoms with Crippen molar-refractivity contribution in [3.8, 4) is 34.0 Å². The first-order valence-corrected chi connectivity index (χ1v) is 14.5. The quantitative estimate of drug-likeness (QED) is 0.256. The van der Waals surface area contributed by atoms with Crippen molar-refractivity contribution in [1.82, 2.24) is 20.3 Å². The average Bonchev–Trinajstić information content (AvgIpc) is 3.58. The molecule has 6 aromatic rings. The first-order chi connectivity index (χ1) is 20.0. The van der Waals surface area contributed by atoms with Gasteiger partial charge in [0.15, 0.2) is 0 Å². The molecule has 42 heavy (non-hydrogen) atoms. The zero-order valence-corrected chi connectivity index (χ0v) is 23.4. The normalized spacial score (nSPS) is 11.7. The van der Waals surface area contributed by atoms with E-state index in [9.17, 15) is 22.0 Å². The fourth-order valence-corrected chi connectivity index (χ4v) is 5.30. The fourth-order valence-electron chi connectivity index (χ4n) is 4.79. The highest BCUT2D eigenvalue weighted by Crippen LogP contribution is 2.41. The Kier molecular flexibility index (Phi) is 6.49. The van der Waals surface area contributed by atoms with Gasteiger partial charge in [0.1, 0.15) is 34.3 Å². The van der Waals surface area contributed by atoms with Gasteiger partial charge in [-0.2, -0.15) is 0 Å². The van der Waals surface area contributed by atoms with Gasteiger partial charge in [-0.05, 0) is 54.6 Å². The molecule has 12 heteroatoms. The summed E-state index contributed by atoms with van der Waals surface area (Å²) in [6.07, 6.45) is 2.59. The van der Waals surface area contributed by atoms with E-state index < -0.39 is 27.6 Å². The van der Waals surface area contributed by atoms with Gasteiger partial charge in [0.2, 0.25) is 10.0 Å². The number of imidazole rings is 1. The highest BCUT2D eigenvalue weighted by molar-refractivity contribution is 7.92. The molecule has 0 aliphatic heterocycles. The second-order valence-electron chi connectivity index (χ2n) is 9.64. The van der Waals surface area contributed by atoms with Crippen LogP contribution in [0.5, 0.6) is 0 Å². The van der Waals surface area contributed by atoms with E-state index in [1.54, 1.807) is 30.3 Å². The molecule has 0 aliphatic carbocycles. The lowest BCUT2D eigenvalue weighted by Gasteiger charge is -2.20. The maximum Gasteiger partial charge on any atom is 0.255 e. The average molecular weight is 588 g/mol. The van der Waals surface area contributed by atoms with Crippen LogP contribution in [0.3, 0.4) is 0 Å². The number of hydrogen-bond donors (Lipinski definition) is 2. The van der Waals surface area contributed by atoms with Crippen LogP contribution in [0, 0.1) is 11.6 Å². The van der Waals surface area contributed by atoms with Crippen LogP contribution in [0.4, 0.5) is 14.5 Å². The van der Waals surface area contributed by atoms with E-state index in [1.807, 2.05) is 0 Å². The Morgan fingerprint density at radius 3 is 2.48 bits per heavy atom. The molecule has 0 fully saturated rings. The van der Waals surface area contributed by atoms with Crippen molar-refractivity contribution < 1.29 is 26.4 Å². The summed E-state index contributed by atoms with van der Waals surface area (Å²) in [6, 6.07) is 16.6. The zero-order valence-electron chi connectivity index (χ0n) is 22.6. The Labute approximate surface area is 238 Å². The predicted octanol–water partition coefficient (Wildman–Crippen LogP) is 5.74. The Morgan fingerprint density at radius 2 is 1.79 bits per heavy atom. The summed E-state index contributed by atoms with van der Waals surface area (Å²) in [5.41, 5.74) is 3.18. The second-order valence-corrected chi connectivity index (χ2v) is 11.7. The van der Waals surface area contributed by atoms with Crippen LogP contribution in [-0.2, 0) is 10.0 Å². The summed E-state index contributed by atoms with van der Waals surface area (Å²) >= 11 is 0. The van der Waals surface area contributed by atoms with Crippen molar-refractivity contribution in [3.05, 3.63) is 90.1 Å². The highest BCUT2D eigenvalue weighted by Gasteiger charge is 2.26. The number of hydrogen-bond acceptors (Lipinski definition) is 6. The largest absolute Gasteiger partial charge is 0.455 e. The van der Waals surface area contributed by atoms with E-state index in [0.29, 0.717) is 39.1 Å². The van der Waals surface area contributed by atoms with Gasteiger partial charge < -0.3 is 14.7 Å². The number of fused-ring (bicyclic) bond motifs is 2. The Balaban J connectivity index is 1.60. The van der Waals surface area contributed by atoms with Crippen LogP contribution in [0.25, 0.3) is 56.0 Å². The van der Waals surface area contributed by atoms with E-state index in [2.05, 4.69) is 20.3 Å². The first-order valence-electron chi connectivity index (χ1n) is 12.7. The van der Waals surface area contributed by atoms with E-state index in [1.165, 1.54) is 56.7 Å². The second kappa shape index (κ2) is 10.1. The molecule has 0 saturated carbocycles. The maximum atomic E-state index is 14.3. The van der Waals surface area contributed by atoms with Gasteiger partial charge in [0.05, 0.1) is 28.7 Å². The van der Waals surface area contributed by atoms with Gasteiger partial charge in [-0.1, -0.05) is 6.07 Å². The fraction of sp³-hybridized carbons (Fsp3) is 0.100. The Hall–Kier alpha value is -5.10. The van der Waals surface area contributed by atoms with E-state index in [-0.39, 0.29) is 28.1 Å². The number of H-pyrrole nitrogens is 1. The number of nitrogens with one attached hydrogen (secondary N) is 2. The SMILES string of the molecule is CNC(=O)c1c(-c2ccc(F)cc2)oc2cc(N(C)S(C)(=O)=O)c(-c3cc(-c4nc5cccc(F)c5[nH]4)ccn3)cc12. The summed E-state index contributed by atoms with van der Waals surface area (Å²) in [5, 5.41) is 3.01. The van der Waals surface area contributed by atoms with Crippen LogP contribution >= 0.6 is 0 Å². The third kappa shape index (κ3) is 4.65. The third-order valence-electron chi connectivity index (χ3n) is 6.98. The number of sulfonamides is 1. The molecule has 3 aromatic heterocycles. The minimum Gasteiger partial charge on any atom is -0.455 e. The van der Waals surface area contributed by atoms with Crippen molar-refractivity contribution in [1.29, 1.82) is 0 Å². The lowest BCUT2D eigenvalue weighted by Crippen LogP contribution is -2.25. The number of benzene rings is 3. The van der Waals surface area contributed by atoms with Crippen molar-refractivity contribution in [2.75, 3.05) is 24.7 Å². The van der Waals surface area contributed by atoms with Gasteiger partial charge in [-0.15, -0.1) is 0 Å². The van der Waals surface area contributed by atoms with E-state index in [0.717, 1.165) is 10.6 Å². The zero-order chi connectivity index (χ0) is 29.8. The van der Waals surface area contributed by atoms with Crippen LogP contribution in [-0.4, -0.2) is 49.6 Å². The molecule has 0 saturated heterocycles. The summed E-state index contributed by atoms with van der Waals surface area (Å²) in [5.74, 6) is -0.754. The minimum absolute atomic E-state index is 0.192. The van der Waals surface area contributed by atoms with Crippen molar-refractivity contribution >= 4 is 43.6 Å². The molecule has 0 bridgehead atoms. The third-order valence-corrected chi connectivity index (χ3v) is 8.17. The number of halogens is 2. The number of rotatable bonds is 6.